The summed E-state index contributed by atoms with van der Waals surface area (Å²) >= 11 is 0. The second-order valence-electron chi connectivity index (χ2n) is 7.72. The van der Waals surface area contributed by atoms with Crippen molar-refractivity contribution in [2.45, 2.75) is 44.7 Å². The van der Waals surface area contributed by atoms with E-state index in [1.807, 2.05) is 6.20 Å². The Hall–Kier alpha value is -2.69. The molecule has 1 aliphatic heterocycles. The molecule has 0 amide bonds. The van der Waals surface area contributed by atoms with Gasteiger partial charge in [-0.15, -0.1) is 0 Å². The fraction of sp³-hybridized carbons (Fsp3) is 0.409. The normalized spacial score (nSPS) is 18.0. The summed E-state index contributed by atoms with van der Waals surface area (Å²) in [5.41, 5.74) is 3.51. The summed E-state index contributed by atoms with van der Waals surface area (Å²) in [5, 5.41) is 1.26. The van der Waals surface area contributed by atoms with Gasteiger partial charge in [0.1, 0.15) is 12.1 Å². The average Bonchev–Trinajstić information content (AvgIpc) is 3.54. The van der Waals surface area contributed by atoms with E-state index in [0.717, 1.165) is 43.0 Å². The highest BCUT2D eigenvalue weighted by Gasteiger charge is 2.36. The molecule has 1 aliphatic carbocycles. The zero-order chi connectivity index (χ0) is 18.2. The molecule has 3 heterocycles. The summed E-state index contributed by atoms with van der Waals surface area (Å²) in [6.45, 7) is 4.24. The molecule has 138 valence electrons. The number of hydrogen-bond donors (Lipinski definition) is 0. The lowest BCUT2D eigenvalue weighted by molar-refractivity contribution is 0.459. The van der Waals surface area contributed by atoms with Crippen LogP contribution in [-0.2, 0) is 0 Å². The standard InChI is InChI=1S/C22H25N5/c1-16-14-21(19-4-2-3-5-20(19)25-16)26-12-9-18(10-13-26)27(17-6-7-17)22-8-11-23-15-24-22/h2-5,8,11,14-15,17-18H,6-7,9-10,12-13H2,1H3. The average molecular weight is 359 g/mol. The molecule has 5 heteroatoms. The molecular formula is C22H25N5. The first-order valence-electron chi connectivity index (χ1n) is 9.95. The van der Waals surface area contributed by atoms with E-state index in [2.05, 4.69) is 63.1 Å². The molecule has 0 atom stereocenters. The van der Waals surface area contributed by atoms with Gasteiger partial charge in [0.15, 0.2) is 0 Å². The van der Waals surface area contributed by atoms with Gasteiger partial charge in [-0.3, -0.25) is 4.98 Å². The highest BCUT2D eigenvalue weighted by atomic mass is 15.3. The van der Waals surface area contributed by atoms with Crippen LogP contribution in [-0.4, -0.2) is 40.1 Å². The van der Waals surface area contributed by atoms with Crippen LogP contribution in [0.25, 0.3) is 10.9 Å². The van der Waals surface area contributed by atoms with Crippen LogP contribution in [0.3, 0.4) is 0 Å². The van der Waals surface area contributed by atoms with Crippen molar-refractivity contribution in [2.24, 2.45) is 0 Å². The van der Waals surface area contributed by atoms with Crippen LogP contribution in [0, 0.1) is 6.92 Å². The zero-order valence-electron chi connectivity index (χ0n) is 15.8. The Morgan fingerprint density at radius 3 is 2.52 bits per heavy atom. The van der Waals surface area contributed by atoms with Crippen molar-refractivity contribution in [3.63, 3.8) is 0 Å². The molecule has 0 N–H and O–H groups in total. The minimum atomic E-state index is 0.567. The van der Waals surface area contributed by atoms with Crippen molar-refractivity contribution in [1.29, 1.82) is 0 Å². The Labute approximate surface area is 160 Å². The fourth-order valence-electron chi connectivity index (χ4n) is 4.39. The van der Waals surface area contributed by atoms with Crippen molar-refractivity contribution in [3.8, 4) is 0 Å². The van der Waals surface area contributed by atoms with Crippen molar-refractivity contribution >= 4 is 22.4 Å². The number of hydrogen-bond acceptors (Lipinski definition) is 5. The van der Waals surface area contributed by atoms with Gasteiger partial charge in [-0.05, 0) is 50.8 Å². The predicted molar refractivity (Wildman–Crippen MR) is 109 cm³/mol. The number of rotatable bonds is 4. The van der Waals surface area contributed by atoms with Gasteiger partial charge in [0.25, 0.3) is 0 Å². The highest BCUT2D eigenvalue weighted by Crippen LogP contribution is 2.36. The third-order valence-electron chi connectivity index (χ3n) is 5.79. The maximum absolute atomic E-state index is 4.70. The molecule has 1 saturated carbocycles. The summed E-state index contributed by atoms with van der Waals surface area (Å²) < 4.78 is 0. The lowest BCUT2D eigenvalue weighted by Crippen LogP contribution is -2.46. The van der Waals surface area contributed by atoms with Crippen molar-refractivity contribution in [1.82, 2.24) is 15.0 Å². The Morgan fingerprint density at radius 2 is 1.78 bits per heavy atom. The van der Waals surface area contributed by atoms with E-state index in [1.54, 1.807) is 6.33 Å². The molecule has 2 aromatic heterocycles. The minimum Gasteiger partial charge on any atom is -0.371 e. The van der Waals surface area contributed by atoms with Gasteiger partial charge in [-0.25, -0.2) is 9.97 Å². The minimum absolute atomic E-state index is 0.567. The van der Waals surface area contributed by atoms with Gasteiger partial charge >= 0.3 is 0 Å². The summed E-state index contributed by atoms with van der Waals surface area (Å²) in [6, 6.07) is 14.0. The molecule has 0 unspecified atom stereocenters. The van der Waals surface area contributed by atoms with Gasteiger partial charge in [0.2, 0.25) is 0 Å². The van der Waals surface area contributed by atoms with E-state index < -0.39 is 0 Å². The molecule has 2 fully saturated rings. The Balaban J connectivity index is 1.37. The molecule has 0 radical (unpaired) electrons. The number of aromatic nitrogens is 3. The van der Waals surface area contributed by atoms with E-state index in [0.29, 0.717) is 12.1 Å². The van der Waals surface area contributed by atoms with E-state index >= 15 is 0 Å². The SMILES string of the molecule is Cc1cc(N2CCC(N(c3ccncn3)C3CC3)CC2)c2ccccc2n1. The molecule has 0 bridgehead atoms. The number of benzene rings is 1. The van der Waals surface area contributed by atoms with Crippen LogP contribution >= 0.6 is 0 Å². The van der Waals surface area contributed by atoms with Crippen molar-refractivity contribution < 1.29 is 0 Å². The first-order valence-corrected chi connectivity index (χ1v) is 9.95. The molecule has 0 spiro atoms. The maximum Gasteiger partial charge on any atom is 0.132 e. The number of pyridine rings is 1. The van der Waals surface area contributed by atoms with Crippen molar-refractivity contribution in [2.75, 3.05) is 22.9 Å². The Bertz CT molecular complexity index is 930. The number of para-hydroxylation sites is 1. The van der Waals surface area contributed by atoms with Gasteiger partial charge in [-0.2, -0.15) is 0 Å². The van der Waals surface area contributed by atoms with E-state index in [9.17, 15) is 0 Å². The number of aryl methyl sites for hydroxylation is 1. The van der Waals surface area contributed by atoms with Gasteiger partial charge in [0.05, 0.1) is 5.52 Å². The molecule has 5 rings (SSSR count). The molecule has 2 aliphatic rings. The van der Waals surface area contributed by atoms with Crippen LogP contribution in [0.1, 0.15) is 31.4 Å². The molecular weight excluding hydrogens is 334 g/mol. The molecule has 27 heavy (non-hydrogen) atoms. The van der Waals surface area contributed by atoms with Crippen LogP contribution in [0.5, 0.6) is 0 Å². The lowest BCUT2D eigenvalue weighted by Gasteiger charge is -2.40. The topological polar surface area (TPSA) is 45.2 Å². The van der Waals surface area contributed by atoms with E-state index in [1.165, 1.54) is 23.9 Å². The van der Waals surface area contributed by atoms with Crippen molar-refractivity contribution in [3.05, 3.63) is 54.6 Å². The van der Waals surface area contributed by atoms with Crippen LogP contribution in [0.2, 0.25) is 0 Å². The summed E-state index contributed by atoms with van der Waals surface area (Å²) in [4.78, 5) is 18.4. The number of nitrogens with zero attached hydrogens (tertiary/aromatic N) is 5. The monoisotopic (exact) mass is 359 g/mol. The van der Waals surface area contributed by atoms with Gasteiger partial charge in [0, 0.05) is 48.1 Å². The second-order valence-corrected chi connectivity index (χ2v) is 7.72. The van der Waals surface area contributed by atoms with Crippen LogP contribution in [0.4, 0.5) is 11.5 Å². The third kappa shape index (κ3) is 3.22. The van der Waals surface area contributed by atoms with E-state index in [-0.39, 0.29) is 0 Å². The molecule has 1 aromatic carbocycles. The summed E-state index contributed by atoms with van der Waals surface area (Å²) in [5.74, 6) is 1.09. The number of piperidine rings is 1. The lowest BCUT2D eigenvalue weighted by atomic mass is 10.0. The highest BCUT2D eigenvalue weighted by molar-refractivity contribution is 5.92. The first kappa shape index (κ1) is 16.5. The van der Waals surface area contributed by atoms with Crippen LogP contribution < -0.4 is 9.80 Å². The smallest absolute Gasteiger partial charge is 0.132 e. The quantitative estimate of drug-likeness (QED) is 0.705. The molecule has 3 aromatic rings. The zero-order valence-corrected chi connectivity index (χ0v) is 15.8. The fourth-order valence-corrected chi connectivity index (χ4v) is 4.39. The van der Waals surface area contributed by atoms with Crippen LogP contribution in [0.15, 0.2) is 48.9 Å². The third-order valence-corrected chi connectivity index (χ3v) is 5.79. The van der Waals surface area contributed by atoms with Gasteiger partial charge in [-0.1, -0.05) is 18.2 Å². The molecule has 1 saturated heterocycles. The Morgan fingerprint density at radius 1 is 1.00 bits per heavy atom. The number of anilines is 2. The first-order chi connectivity index (χ1) is 13.3. The summed E-state index contributed by atoms with van der Waals surface area (Å²) in [6.07, 6.45) is 8.44. The van der Waals surface area contributed by atoms with Gasteiger partial charge < -0.3 is 9.80 Å². The largest absolute Gasteiger partial charge is 0.371 e. The number of fused-ring (bicyclic) bond motifs is 1. The predicted octanol–water partition coefficient (Wildman–Crippen LogP) is 3.97. The second kappa shape index (κ2) is 6.80. The maximum atomic E-state index is 4.70. The summed E-state index contributed by atoms with van der Waals surface area (Å²) in [7, 11) is 0. The molecule has 5 nitrogen and oxygen atoms in total. The Kier molecular flexibility index (Phi) is 4.15. The van der Waals surface area contributed by atoms with E-state index in [4.69, 9.17) is 4.98 Å².